The van der Waals surface area contributed by atoms with Crippen LogP contribution >= 0.6 is 0 Å². The van der Waals surface area contributed by atoms with E-state index < -0.39 is 0 Å². The van der Waals surface area contributed by atoms with Crippen molar-refractivity contribution in [2.45, 2.75) is 0 Å². The predicted molar refractivity (Wildman–Crippen MR) is 88.2 cm³/mol. The molecular formula is H22Si10. The summed E-state index contributed by atoms with van der Waals surface area (Å²) >= 11 is 0. The minimum Gasteiger partial charge on any atom is -0.0119 e. The summed E-state index contributed by atoms with van der Waals surface area (Å²) in [4.78, 5) is 0. The van der Waals surface area contributed by atoms with Crippen molar-refractivity contribution in [3.8, 4) is 0 Å². The van der Waals surface area contributed by atoms with E-state index in [2.05, 4.69) is 0 Å². The van der Waals surface area contributed by atoms with Crippen molar-refractivity contribution in [1.29, 1.82) is 0 Å². The highest BCUT2D eigenvalue weighted by molar-refractivity contribution is 7.91. The Morgan fingerprint density at radius 3 is 2.00 bits per heavy atom. The number of hydrogen-bond acceptors (Lipinski definition) is 0. The molecule has 1 atom stereocenters. The van der Waals surface area contributed by atoms with Gasteiger partial charge in [-0.15, -0.1) is 0 Å². The third-order valence-electron chi connectivity index (χ3n) is 2.08. The maximum Gasteiger partial charge on any atom is -0.00631 e. The van der Waals surface area contributed by atoms with Gasteiger partial charge in [0.25, 0.3) is 0 Å². The second-order valence-electron chi connectivity index (χ2n) is 4.61. The van der Waals surface area contributed by atoms with Crippen LogP contribution < -0.4 is 0 Å². The monoisotopic (exact) mass is 302 g/mol. The van der Waals surface area contributed by atoms with E-state index in [0.717, 1.165) is 25.7 Å². The van der Waals surface area contributed by atoms with Crippen LogP contribution in [0, 0.1) is 0 Å². The van der Waals surface area contributed by atoms with Crippen LogP contribution in [0.1, 0.15) is 0 Å². The molecule has 1 unspecified atom stereocenters. The zero-order chi connectivity index (χ0) is 8.20. The van der Waals surface area contributed by atoms with Gasteiger partial charge in [0.05, 0.1) is 0 Å². The van der Waals surface area contributed by atoms with E-state index in [1.807, 2.05) is 0 Å². The molecule has 0 saturated carbocycles. The van der Waals surface area contributed by atoms with E-state index in [9.17, 15) is 0 Å². The van der Waals surface area contributed by atoms with Gasteiger partial charge in [0, 0.05) is 0 Å². The maximum absolute atomic E-state index is 1.78. The first-order valence-corrected chi connectivity index (χ1v) is 40.1. The van der Waals surface area contributed by atoms with Gasteiger partial charge in [-0.05, 0) is 88.0 Å². The van der Waals surface area contributed by atoms with E-state index in [1.54, 1.807) is 48.8 Å². The largest absolute Gasteiger partial charge is 0.0119 e. The molecule has 0 saturated heterocycles. The van der Waals surface area contributed by atoms with Crippen LogP contribution in [0.5, 0.6) is 0 Å². The molecule has 0 aliphatic rings. The van der Waals surface area contributed by atoms with E-state index in [0.29, 0.717) is 7.35 Å². The molecule has 0 aliphatic carbocycles. The summed E-state index contributed by atoms with van der Waals surface area (Å²) in [6, 6.07) is 0. The van der Waals surface area contributed by atoms with Gasteiger partial charge in [-0.25, -0.2) is 0 Å². The highest BCUT2D eigenvalue weighted by Crippen LogP contribution is 1.77. The highest BCUT2D eigenvalue weighted by Gasteiger charge is 2.14. The smallest absolute Gasteiger partial charge is 0.00631 e. The molecule has 10 heavy (non-hydrogen) atoms. The fourth-order valence-electron chi connectivity index (χ4n) is 0.884. The van der Waals surface area contributed by atoms with Gasteiger partial charge in [-0.3, -0.25) is 0 Å². The molecule has 0 rings (SSSR count). The van der Waals surface area contributed by atoms with Gasteiger partial charge in [0.2, 0.25) is 0 Å². The van der Waals surface area contributed by atoms with Gasteiger partial charge in [-0.1, -0.05) is 0 Å². The quantitative estimate of drug-likeness (QED) is 0.453. The Morgan fingerprint density at radius 1 is 1.20 bits per heavy atom. The maximum atomic E-state index is 1.78. The summed E-state index contributed by atoms with van der Waals surface area (Å²) in [5.74, 6) is 0. The first-order valence-electron chi connectivity index (χ1n) is 4.45. The standard InChI is InChI=1S/H22Si10/c1-6-9(2)7-8-10(3,4)5/h9H,6-8H2,1-5H3. The predicted octanol–water partition coefficient (Wildman–Crippen LogP) is -9.70. The molecule has 62 valence electrons. The third-order valence-corrected chi connectivity index (χ3v) is 169. The minimum atomic E-state index is -0.0244. The molecule has 0 radical (unpaired) electrons. The molecule has 0 amide bonds. The second kappa shape index (κ2) is 5.75. The van der Waals surface area contributed by atoms with Crippen LogP contribution in [-0.4, -0.2) is 88.0 Å². The highest BCUT2D eigenvalue weighted by atomic mass is 30.2. The van der Waals surface area contributed by atoms with Crippen LogP contribution in [0.3, 0.4) is 0 Å². The molecule has 0 aromatic rings. The van der Waals surface area contributed by atoms with Crippen LogP contribution in [0.15, 0.2) is 0 Å². The van der Waals surface area contributed by atoms with Gasteiger partial charge in [0.1, 0.15) is 0 Å². The first kappa shape index (κ1) is 12.2. The van der Waals surface area contributed by atoms with Gasteiger partial charge in [0.15, 0.2) is 0 Å². The normalized spacial score (nSPS) is 25.2. The van der Waals surface area contributed by atoms with E-state index in [4.69, 9.17) is 0 Å². The Hall–Kier alpha value is 2.17. The molecule has 0 aromatic carbocycles. The lowest BCUT2D eigenvalue weighted by Crippen LogP contribution is -2.53. The third kappa shape index (κ3) is 8.27. The van der Waals surface area contributed by atoms with Crippen molar-refractivity contribution < 1.29 is 0 Å². The Labute approximate surface area is 87.4 Å². The summed E-state index contributed by atoms with van der Waals surface area (Å²) in [5.41, 5.74) is 0. The topological polar surface area (TPSA) is 0 Å². The van der Waals surface area contributed by atoms with Crippen LogP contribution in [0.25, 0.3) is 0 Å². The summed E-state index contributed by atoms with van der Waals surface area (Å²) < 4.78 is 0. The lowest BCUT2D eigenvalue weighted by Gasteiger charge is -2.15. The zero-order valence-corrected chi connectivity index (χ0v) is 24.6. The Kier molecular flexibility index (Phi) is 7.00. The first-order chi connectivity index (χ1) is 4.45. The van der Waals surface area contributed by atoms with E-state index in [1.165, 1.54) is 0 Å². The van der Waals surface area contributed by atoms with Gasteiger partial charge in [-0.2, -0.15) is 0 Å². The molecule has 0 spiro atoms. The van der Waals surface area contributed by atoms with Crippen molar-refractivity contribution in [2.75, 3.05) is 0 Å². The fourth-order valence-corrected chi connectivity index (χ4v) is 215. The van der Waals surface area contributed by atoms with Crippen LogP contribution in [0.4, 0.5) is 0 Å². The van der Waals surface area contributed by atoms with Crippen molar-refractivity contribution in [3.63, 3.8) is 0 Å². The molecule has 10 heteroatoms. The van der Waals surface area contributed by atoms with Crippen molar-refractivity contribution in [3.05, 3.63) is 0 Å². The molecule has 0 aliphatic heterocycles. The zero-order valence-electron chi connectivity index (χ0n) is 8.20. The van der Waals surface area contributed by atoms with Gasteiger partial charge >= 0.3 is 0 Å². The summed E-state index contributed by atoms with van der Waals surface area (Å²) in [6.45, 7) is 0. The average molecular weight is 303 g/mol. The molecule has 0 nitrogen and oxygen atoms in total. The summed E-state index contributed by atoms with van der Waals surface area (Å²) in [5, 5.41) is 0. The Balaban J connectivity index is 3.36. The summed E-state index contributed by atoms with van der Waals surface area (Å²) in [6.07, 6.45) is -0.0244. The van der Waals surface area contributed by atoms with Crippen molar-refractivity contribution in [1.82, 2.24) is 0 Å². The average Bonchev–Trinajstić information content (AvgIpc) is 1.81. The molecule has 0 aromatic heterocycles. The van der Waals surface area contributed by atoms with Crippen molar-refractivity contribution in [2.24, 2.45) is 0 Å². The molecule has 0 bridgehead atoms. The van der Waals surface area contributed by atoms with Gasteiger partial charge < -0.3 is 0 Å². The van der Waals surface area contributed by atoms with Crippen LogP contribution in [0.2, 0.25) is 0 Å². The molecule has 0 heterocycles. The summed E-state index contributed by atoms with van der Waals surface area (Å²) in [7, 11) is 11.6. The minimum absolute atomic E-state index is 0.0244. The Morgan fingerprint density at radius 2 is 1.70 bits per heavy atom. The SMILES string of the molecule is [SiH3][SiH2][SiH]([SiH3])[SiH2][SiH2][Si]([SiH3])([SiH3])[SiH3]. The fraction of sp³-hybridized carbons (Fsp3) is 0. The molecule has 0 N–H and O–H groups in total. The molecule has 0 fully saturated rings. The van der Waals surface area contributed by atoms with Crippen LogP contribution in [-0.2, 0) is 0 Å². The van der Waals surface area contributed by atoms with E-state index in [-0.39, 0.29) is 6.14 Å². The Bertz CT molecular complexity index is 76.5. The number of rotatable bonds is 4. The number of hydrogen-bond donors (Lipinski definition) is 0. The van der Waals surface area contributed by atoms with E-state index >= 15 is 0 Å². The lowest BCUT2D eigenvalue weighted by atomic mass is 25.9. The van der Waals surface area contributed by atoms with Crippen molar-refractivity contribution >= 4 is 88.0 Å². The second-order valence-corrected chi connectivity index (χ2v) is 125. The lowest BCUT2D eigenvalue weighted by molar-refractivity contribution is 3.61. The molecular weight excluding hydrogens is 281 g/mol.